The average Bonchev–Trinajstić information content (AvgIpc) is 3.20. The van der Waals surface area contributed by atoms with Crippen LogP contribution < -0.4 is 0 Å². The van der Waals surface area contributed by atoms with E-state index >= 15 is 0 Å². The Balaban J connectivity index is 1.46. The first-order valence-corrected chi connectivity index (χ1v) is 7.93. The number of nitrogens with zero attached hydrogens (tertiary/aromatic N) is 4. The lowest BCUT2D eigenvalue weighted by molar-refractivity contribution is -0.0562. The molecule has 2 aromatic heterocycles. The largest absolute Gasteiger partial charge is 0.396 e. The number of aliphatic hydroxyl groups is 1. The summed E-state index contributed by atoms with van der Waals surface area (Å²) in [6.45, 7) is 3.93. The van der Waals surface area contributed by atoms with Gasteiger partial charge in [0.15, 0.2) is 0 Å². The molecule has 4 heterocycles. The van der Waals surface area contributed by atoms with Crippen LogP contribution in [0.1, 0.15) is 12.3 Å². The van der Waals surface area contributed by atoms with Crippen molar-refractivity contribution in [1.29, 1.82) is 0 Å². The lowest BCUT2D eigenvalue weighted by Gasteiger charge is -2.36. The minimum Gasteiger partial charge on any atom is -0.396 e. The number of likely N-dealkylation sites (tertiary alicyclic amines) is 1. The maximum absolute atomic E-state index is 9.82. The van der Waals surface area contributed by atoms with E-state index in [9.17, 15) is 5.11 Å². The van der Waals surface area contributed by atoms with Gasteiger partial charge in [0.1, 0.15) is 0 Å². The molecule has 0 bridgehead atoms. The van der Waals surface area contributed by atoms with E-state index in [0.29, 0.717) is 30.8 Å². The summed E-state index contributed by atoms with van der Waals surface area (Å²) in [5.41, 5.74) is 0.711. The molecule has 7 nitrogen and oxygen atoms in total. The molecular weight excluding hydrogens is 296 g/mol. The minimum atomic E-state index is -0.134. The first kappa shape index (κ1) is 14.7. The van der Waals surface area contributed by atoms with Gasteiger partial charge in [-0.2, -0.15) is 4.98 Å². The number of pyridine rings is 1. The Morgan fingerprint density at radius 3 is 3.17 bits per heavy atom. The van der Waals surface area contributed by atoms with Crippen molar-refractivity contribution in [3.63, 3.8) is 0 Å². The molecule has 2 aromatic rings. The molecule has 23 heavy (non-hydrogen) atoms. The van der Waals surface area contributed by atoms with Crippen molar-refractivity contribution in [1.82, 2.24) is 20.0 Å². The van der Waals surface area contributed by atoms with Crippen molar-refractivity contribution >= 4 is 0 Å². The van der Waals surface area contributed by atoms with Gasteiger partial charge in [0, 0.05) is 43.1 Å². The fourth-order valence-electron chi connectivity index (χ4n) is 3.67. The van der Waals surface area contributed by atoms with Gasteiger partial charge in [0.05, 0.1) is 19.8 Å². The van der Waals surface area contributed by atoms with Crippen molar-refractivity contribution in [2.45, 2.75) is 13.0 Å². The van der Waals surface area contributed by atoms with Crippen LogP contribution >= 0.6 is 0 Å². The zero-order valence-electron chi connectivity index (χ0n) is 12.9. The predicted octanol–water partition coefficient (Wildman–Crippen LogP) is 0.962. The quantitative estimate of drug-likeness (QED) is 0.899. The van der Waals surface area contributed by atoms with Crippen LogP contribution in [0.5, 0.6) is 0 Å². The Morgan fingerprint density at radius 2 is 2.39 bits per heavy atom. The lowest BCUT2D eigenvalue weighted by Crippen LogP contribution is -2.42. The molecule has 1 N–H and O–H groups in total. The van der Waals surface area contributed by atoms with Crippen LogP contribution in [-0.2, 0) is 11.3 Å². The second-order valence-corrected chi connectivity index (χ2v) is 6.48. The van der Waals surface area contributed by atoms with Crippen molar-refractivity contribution < 1.29 is 14.4 Å². The number of ether oxygens (including phenoxy) is 1. The zero-order valence-corrected chi connectivity index (χ0v) is 12.9. The molecule has 7 heteroatoms. The van der Waals surface area contributed by atoms with E-state index in [2.05, 4.69) is 20.0 Å². The highest BCUT2D eigenvalue weighted by atomic mass is 16.5. The SMILES string of the molecule is OC[C@]12COCC[C@H]1CN(Cc1nc(-c3cccnc3)no1)C2. The van der Waals surface area contributed by atoms with Crippen LogP contribution in [0.2, 0.25) is 0 Å². The van der Waals surface area contributed by atoms with Crippen molar-refractivity contribution in [3.8, 4) is 11.4 Å². The molecule has 2 fully saturated rings. The van der Waals surface area contributed by atoms with Crippen molar-refractivity contribution in [3.05, 3.63) is 30.4 Å². The maximum atomic E-state index is 9.82. The number of hydrogen-bond acceptors (Lipinski definition) is 7. The molecular formula is C16H20N4O3. The van der Waals surface area contributed by atoms with E-state index in [-0.39, 0.29) is 12.0 Å². The van der Waals surface area contributed by atoms with Gasteiger partial charge >= 0.3 is 0 Å². The van der Waals surface area contributed by atoms with Gasteiger partial charge in [-0.1, -0.05) is 5.16 Å². The second kappa shape index (κ2) is 5.99. The minimum absolute atomic E-state index is 0.134. The number of rotatable bonds is 4. The topological polar surface area (TPSA) is 84.5 Å². The number of aromatic nitrogens is 3. The molecule has 2 aliphatic rings. The molecule has 122 valence electrons. The molecule has 4 rings (SSSR count). The fourth-order valence-corrected chi connectivity index (χ4v) is 3.67. The number of hydrogen-bond donors (Lipinski definition) is 1. The van der Waals surface area contributed by atoms with E-state index in [1.807, 2.05) is 12.1 Å². The molecule has 0 radical (unpaired) electrons. The Labute approximate surface area is 134 Å². The second-order valence-electron chi connectivity index (χ2n) is 6.48. The molecule has 0 aromatic carbocycles. The maximum Gasteiger partial charge on any atom is 0.241 e. The summed E-state index contributed by atoms with van der Waals surface area (Å²) in [4.78, 5) is 10.8. The standard InChI is InChI=1S/C16H20N4O3/c21-10-16-9-20(7-13(16)3-5-22-11-16)8-14-18-15(19-23-14)12-2-1-4-17-6-12/h1-2,4,6,13,21H,3,5,7-11H2/t13-,16+/m0/s1. The van der Waals surface area contributed by atoms with E-state index in [1.165, 1.54) is 0 Å². The lowest BCUT2D eigenvalue weighted by atomic mass is 9.76. The highest BCUT2D eigenvalue weighted by Crippen LogP contribution is 2.41. The molecule has 2 aliphatic heterocycles. The molecule has 0 spiro atoms. The summed E-state index contributed by atoms with van der Waals surface area (Å²) in [5, 5.41) is 13.9. The van der Waals surface area contributed by atoms with Gasteiger partial charge in [-0.25, -0.2) is 0 Å². The third kappa shape index (κ3) is 2.75. The van der Waals surface area contributed by atoms with E-state index < -0.39 is 0 Å². The van der Waals surface area contributed by atoms with Gasteiger partial charge in [-0.15, -0.1) is 0 Å². The highest BCUT2D eigenvalue weighted by Gasteiger charge is 2.48. The van der Waals surface area contributed by atoms with Crippen molar-refractivity contribution in [2.75, 3.05) is 32.9 Å². The summed E-state index contributed by atoms with van der Waals surface area (Å²) in [6.07, 6.45) is 4.44. The Bertz CT molecular complexity index is 662. The fraction of sp³-hybridized carbons (Fsp3) is 0.562. The van der Waals surface area contributed by atoms with E-state index in [4.69, 9.17) is 9.26 Å². The van der Waals surface area contributed by atoms with Crippen LogP contribution in [-0.4, -0.2) is 58.0 Å². The van der Waals surface area contributed by atoms with Crippen LogP contribution in [0.15, 0.2) is 29.0 Å². The van der Waals surface area contributed by atoms with E-state index in [1.54, 1.807) is 12.4 Å². The van der Waals surface area contributed by atoms with Crippen molar-refractivity contribution in [2.24, 2.45) is 11.3 Å². The zero-order chi connectivity index (χ0) is 15.7. The first-order valence-electron chi connectivity index (χ1n) is 7.93. The van der Waals surface area contributed by atoms with Gasteiger partial charge in [0.25, 0.3) is 0 Å². The first-order chi connectivity index (χ1) is 11.3. The summed E-state index contributed by atoms with van der Waals surface area (Å²) >= 11 is 0. The smallest absolute Gasteiger partial charge is 0.241 e. The number of fused-ring (bicyclic) bond motifs is 1. The molecule has 0 aliphatic carbocycles. The summed E-state index contributed by atoms with van der Waals surface area (Å²) < 4.78 is 11.0. The molecule has 2 saturated heterocycles. The summed E-state index contributed by atoms with van der Waals surface area (Å²) in [7, 11) is 0. The molecule has 0 amide bonds. The summed E-state index contributed by atoms with van der Waals surface area (Å²) in [5.74, 6) is 1.63. The van der Waals surface area contributed by atoms with Gasteiger partial charge in [-0.3, -0.25) is 9.88 Å². The molecule has 2 atom stereocenters. The monoisotopic (exact) mass is 316 g/mol. The van der Waals surface area contributed by atoms with Crippen LogP contribution in [0.3, 0.4) is 0 Å². The van der Waals surface area contributed by atoms with E-state index in [0.717, 1.165) is 31.7 Å². The van der Waals surface area contributed by atoms with Gasteiger partial charge in [-0.05, 0) is 24.5 Å². The molecule has 0 saturated carbocycles. The van der Waals surface area contributed by atoms with Gasteiger partial charge < -0.3 is 14.4 Å². The van der Waals surface area contributed by atoms with Crippen LogP contribution in [0.4, 0.5) is 0 Å². The van der Waals surface area contributed by atoms with Gasteiger partial charge in [0.2, 0.25) is 11.7 Å². The molecule has 0 unspecified atom stereocenters. The number of aliphatic hydroxyl groups excluding tert-OH is 1. The Kier molecular flexibility index (Phi) is 3.84. The predicted molar refractivity (Wildman–Crippen MR) is 81.3 cm³/mol. The third-order valence-electron chi connectivity index (χ3n) is 4.94. The Morgan fingerprint density at radius 1 is 1.43 bits per heavy atom. The third-order valence-corrected chi connectivity index (χ3v) is 4.94. The van der Waals surface area contributed by atoms with Crippen LogP contribution in [0.25, 0.3) is 11.4 Å². The highest BCUT2D eigenvalue weighted by molar-refractivity contribution is 5.51. The average molecular weight is 316 g/mol. The summed E-state index contributed by atoms with van der Waals surface area (Å²) in [6, 6.07) is 3.76. The Hall–Kier alpha value is -1.83. The van der Waals surface area contributed by atoms with Crippen LogP contribution in [0, 0.1) is 11.3 Å². The normalized spacial score (nSPS) is 28.0.